The van der Waals surface area contributed by atoms with Crippen molar-refractivity contribution in [3.8, 4) is 5.75 Å². The average Bonchev–Trinajstić information content (AvgIpc) is 2.81. The molecule has 6 heteroatoms. The van der Waals surface area contributed by atoms with Gasteiger partial charge in [-0.25, -0.2) is 14.4 Å². The van der Waals surface area contributed by atoms with Crippen LogP contribution >= 0.6 is 11.6 Å². The maximum atomic E-state index is 13.4. The minimum Gasteiger partial charge on any atom is -0.490 e. The summed E-state index contributed by atoms with van der Waals surface area (Å²) >= 11 is 5.99. The normalized spacial score (nSPS) is 13.5. The Kier molecular flexibility index (Phi) is 2.98. The first-order chi connectivity index (χ1) is 9.20. The summed E-state index contributed by atoms with van der Waals surface area (Å²) in [7, 11) is 1.51. The van der Waals surface area contributed by atoms with Crippen LogP contribution in [0.15, 0.2) is 24.5 Å². The molecule has 0 saturated carbocycles. The number of anilines is 2. The van der Waals surface area contributed by atoms with E-state index in [1.165, 1.54) is 25.6 Å². The lowest BCUT2D eigenvalue weighted by atomic mass is 10.2. The second-order valence-electron chi connectivity index (χ2n) is 4.20. The van der Waals surface area contributed by atoms with E-state index >= 15 is 0 Å². The maximum Gasteiger partial charge on any atom is 0.199 e. The van der Waals surface area contributed by atoms with Crippen molar-refractivity contribution < 1.29 is 9.13 Å². The van der Waals surface area contributed by atoms with Crippen LogP contribution in [0, 0.1) is 5.82 Å². The number of hydrogen-bond donors (Lipinski definition) is 0. The van der Waals surface area contributed by atoms with Crippen molar-refractivity contribution in [1.29, 1.82) is 0 Å². The minimum atomic E-state index is -0.273. The van der Waals surface area contributed by atoms with E-state index in [1.807, 2.05) is 4.90 Å². The Morgan fingerprint density at radius 3 is 3.00 bits per heavy atom. The summed E-state index contributed by atoms with van der Waals surface area (Å²) in [5, 5.41) is 0.248. The van der Waals surface area contributed by atoms with Crippen molar-refractivity contribution >= 4 is 23.1 Å². The molecule has 0 spiro atoms. The predicted molar refractivity (Wildman–Crippen MR) is 70.7 cm³/mol. The van der Waals surface area contributed by atoms with Gasteiger partial charge < -0.3 is 9.64 Å². The Morgan fingerprint density at radius 1 is 1.37 bits per heavy atom. The van der Waals surface area contributed by atoms with Gasteiger partial charge in [-0.1, -0.05) is 17.7 Å². The fraction of sp³-hybridized carbons (Fsp3) is 0.231. The number of halogens is 2. The minimum absolute atomic E-state index is 0.248. The van der Waals surface area contributed by atoms with Crippen LogP contribution in [0.1, 0.15) is 5.56 Å². The van der Waals surface area contributed by atoms with Gasteiger partial charge in [-0.3, -0.25) is 0 Å². The summed E-state index contributed by atoms with van der Waals surface area (Å²) in [4.78, 5) is 9.98. The highest BCUT2D eigenvalue weighted by molar-refractivity contribution is 6.31. The smallest absolute Gasteiger partial charge is 0.199 e. The fourth-order valence-corrected chi connectivity index (χ4v) is 2.49. The van der Waals surface area contributed by atoms with Gasteiger partial charge in [0.05, 0.1) is 7.11 Å². The summed E-state index contributed by atoms with van der Waals surface area (Å²) < 4.78 is 18.6. The second kappa shape index (κ2) is 4.66. The molecular weight excluding hydrogens is 269 g/mol. The number of nitrogens with zero attached hydrogens (tertiary/aromatic N) is 3. The Bertz CT molecular complexity index is 635. The zero-order valence-corrected chi connectivity index (χ0v) is 11.0. The molecule has 98 valence electrons. The lowest BCUT2D eigenvalue weighted by Gasteiger charge is -2.20. The molecule has 0 N–H and O–H groups in total. The molecule has 0 amide bonds. The van der Waals surface area contributed by atoms with E-state index in [0.717, 1.165) is 17.7 Å². The number of fused-ring (bicyclic) bond motifs is 1. The maximum absolute atomic E-state index is 13.4. The molecule has 0 unspecified atom stereocenters. The Labute approximate surface area is 114 Å². The van der Waals surface area contributed by atoms with E-state index in [1.54, 1.807) is 6.07 Å². The zero-order chi connectivity index (χ0) is 13.4. The van der Waals surface area contributed by atoms with E-state index in [9.17, 15) is 4.39 Å². The van der Waals surface area contributed by atoms with E-state index < -0.39 is 0 Å². The average molecular weight is 280 g/mol. The van der Waals surface area contributed by atoms with Gasteiger partial charge in [0, 0.05) is 12.2 Å². The highest BCUT2D eigenvalue weighted by Gasteiger charge is 2.25. The predicted octanol–water partition coefficient (Wildman–Crippen LogP) is 2.97. The highest BCUT2D eigenvalue weighted by atomic mass is 35.5. The van der Waals surface area contributed by atoms with Gasteiger partial charge in [0.1, 0.15) is 12.1 Å². The third-order valence-electron chi connectivity index (χ3n) is 3.14. The molecule has 1 aromatic heterocycles. The van der Waals surface area contributed by atoms with Gasteiger partial charge in [-0.15, -0.1) is 0 Å². The lowest BCUT2D eigenvalue weighted by Crippen LogP contribution is -2.16. The number of aromatic nitrogens is 2. The number of ether oxygens (including phenoxy) is 1. The number of rotatable bonds is 2. The van der Waals surface area contributed by atoms with Gasteiger partial charge in [0.15, 0.2) is 16.7 Å². The highest BCUT2D eigenvalue weighted by Crippen LogP contribution is 2.40. The number of benzene rings is 1. The van der Waals surface area contributed by atoms with Crippen LogP contribution in [0.2, 0.25) is 5.15 Å². The molecule has 1 aliphatic rings. The summed E-state index contributed by atoms with van der Waals surface area (Å²) in [5.74, 6) is 0.692. The molecule has 0 saturated heterocycles. The summed E-state index contributed by atoms with van der Waals surface area (Å²) in [6.07, 6.45) is 2.21. The first-order valence-electron chi connectivity index (χ1n) is 5.81. The zero-order valence-electron chi connectivity index (χ0n) is 10.2. The molecular formula is C13H11ClFN3O. The molecule has 0 fully saturated rings. The first-order valence-corrected chi connectivity index (χ1v) is 6.19. The number of methoxy groups -OCH3 is 1. The second-order valence-corrected chi connectivity index (χ2v) is 4.55. The van der Waals surface area contributed by atoms with Crippen molar-refractivity contribution in [1.82, 2.24) is 9.97 Å². The molecule has 0 bridgehead atoms. The molecule has 0 aliphatic carbocycles. The topological polar surface area (TPSA) is 38.3 Å². The van der Waals surface area contributed by atoms with E-state index in [2.05, 4.69) is 9.97 Å². The van der Waals surface area contributed by atoms with Crippen LogP contribution in [0.25, 0.3) is 0 Å². The van der Waals surface area contributed by atoms with Gasteiger partial charge in [-0.2, -0.15) is 0 Å². The first kappa shape index (κ1) is 12.2. The third kappa shape index (κ3) is 2.00. The molecule has 4 nitrogen and oxygen atoms in total. The van der Waals surface area contributed by atoms with Crippen molar-refractivity contribution in [3.63, 3.8) is 0 Å². The number of hydrogen-bond acceptors (Lipinski definition) is 4. The molecule has 1 aromatic carbocycles. The van der Waals surface area contributed by atoms with Crippen LogP contribution in [0.5, 0.6) is 5.75 Å². The molecule has 2 heterocycles. The van der Waals surface area contributed by atoms with Gasteiger partial charge >= 0.3 is 0 Å². The van der Waals surface area contributed by atoms with Gasteiger partial charge in [0.25, 0.3) is 0 Å². The molecule has 19 heavy (non-hydrogen) atoms. The molecule has 0 atom stereocenters. The van der Waals surface area contributed by atoms with Crippen LogP contribution in [0.3, 0.4) is 0 Å². The largest absolute Gasteiger partial charge is 0.490 e. The molecule has 3 rings (SSSR count). The summed E-state index contributed by atoms with van der Waals surface area (Å²) in [5.41, 5.74) is 1.88. The van der Waals surface area contributed by atoms with Crippen molar-refractivity contribution in [2.24, 2.45) is 0 Å². The SMILES string of the molecule is COc1c(Cl)ncnc1N1CCc2ccc(F)cc21. The molecule has 2 aromatic rings. The van der Waals surface area contributed by atoms with Crippen LogP contribution in [0.4, 0.5) is 15.9 Å². The van der Waals surface area contributed by atoms with E-state index in [4.69, 9.17) is 16.3 Å². The van der Waals surface area contributed by atoms with Crippen LogP contribution in [-0.2, 0) is 6.42 Å². The van der Waals surface area contributed by atoms with E-state index in [0.29, 0.717) is 18.1 Å². The standard InChI is InChI=1S/C13H11ClFN3O/c1-19-11-12(14)16-7-17-13(11)18-5-4-8-2-3-9(15)6-10(8)18/h2-3,6-7H,4-5H2,1H3. The quantitative estimate of drug-likeness (QED) is 0.792. The van der Waals surface area contributed by atoms with Crippen LogP contribution in [-0.4, -0.2) is 23.6 Å². The van der Waals surface area contributed by atoms with Crippen molar-refractivity contribution in [3.05, 3.63) is 41.1 Å². The van der Waals surface area contributed by atoms with Crippen molar-refractivity contribution in [2.75, 3.05) is 18.6 Å². The summed E-state index contributed by atoms with van der Waals surface area (Å²) in [6.45, 7) is 0.711. The summed E-state index contributed by atoms with van der Waals surface area (Å²) in [6, 6.07) is 4.75. The van der Waals surface area contributed by atoms with Crippen LogP contribution < -0.4 is 9.64 Å². The fourth-order valence-electron chi connectivity index (χ4n) is 2.28. The van der Waals surface area contributed by atoms with Gasteiger partial charge in [-0.05, 0) is 24.1 Å². The van der Waals surface area contributed by atoms with E-state index in [-0.39, 0.29) is 11.0 Å². The Morgan fingerprint density at radius 2 is 2.21 bits per heavy atom. The molecule has 0 radical (unpaired) electrons. The lowest BCUT2D eigenvalue weighted by molar-refractivity contribution is 0.411. The monoisotopic (exact) mass is 279 g/mol. The molecule has 1 aliphatic heterocycles. The Balaban J connectivity index is 2.11. The van der Waals surface area contributed by atoms with Gasteiger partial charge in [0.2, 0.25) is 0 Å². The third-order valence-corrected chi connectivity index (χ3v) is 3.41. The van der Waals surface area contributed by atoms with Crippen molar-refractivity contribution in [2.45, 2.75) is 6.42 Å². The Hall–Kier alpha value is -1.88.